The van der Waals surface area contributed by atoms with Crippen LogP contribution in [0.4, 0.5) is 0 Å². The Morgan fingerprint density at radius 1 is 1.14 bits per heavy atom. The molecule has 1 aliphatic rings. The second-order valence-corrected chi connectivity index (χ2v) is 9.29. The molecule has 1 atom stereocenters. The fourth-order valence-electron chi connectivity index (χ4n) is 4.48. The molecule has 0 bridgehead atoms. The summed E-state index contributed by atoms with van der Waals surface area (Å²) in [6.45, 7) is 3.13. The molecule has 3 heterocycles. The van der Waals surface area contributed by atoms with E-state index in [1.807, 2.05) is 30.3 Å². The molecule has 4 aromatic rings. The number of amides is 1. The van der Waals surface area contributed by atoms with Crippen LogP contribution in [0, 0.1) is 0 Å². The lowest BCUT2D eigenvalue weighted by Crippen LogP contribution is -2.32. The smallest absolute Gasteiger partial charge is 0.273 e. The molecular formula is C27H29ClN4O3. The molecule has 0 saturated carbocycles. The molecule has 0 aliphatic carbocycles. The topological polar surface area (TPSA) is 83.4 Å². The molecule has 2 aromatic carbocycles. The van der Waals surface area contributed by atoms with Crippen molar-refractivity contribution >= 4 is 28.4 Å². The Hall–Kier alpha value is -3.13. The predicted octanol–water partition coefficient (Wildman–Crippen LogP) is 4.96. The molecule has 35 heavy (non-hydrogen) atoms. The molecule has 1 saturated heterocycles. The first-order valence-corrected chi connectivity index (χ1v) is 12.4. The van der Waals surface area contributed by atoms with Gasteiger partial charge in [0.25, 0.3) is 5.91 Å². The average molecular weight is 493 g/mol. The van der Waals surface area contributed by atoms with E-state index in [4.69, 9.17) is 20.8 Å². The van der Waals surface area contributed by atoms with Crippen molar-refractivity contribution in [1.82, 2.24) is 20.2 Å². The van der Waals surface area contributed by atoms with Gasteiger partial charge in [-0.15, -0.1) is 0 Å². The number of halogens is 1. The summed E-state index contributed by atoms with van der Waals surface area (Å²) in [4.78, 5) is 22.6. The summed E-state index contributed by atoms with van der Waals surface area (Å²) in [5.41, 5.74) is 3.71. The summed E-state index contributed by atoms with van der Waals surface area (Å²) in [6.07, 6.45) is 6.44. The molecule has 1 amide bonds. The highest BCUT2D eigenvalue weighted by atomic mass is 35.5. The zero-order chi connectivity index (χ0) is 24.0. The Balaban J connectivity index is 1.26. The highest BCUT2D eigenvalue weighted by Crippen LogP contribution is 2.21. The Morgan fingerprint density at radius 3 is 2.86 bits per heavy atom. The van der Waals surface area contributed by atoms with Gasteiger partial charge >= 0.3 is 0 Å². The minimum Gasteiger partial charge on any atom is -0.447 e. The minimum atomic E-state index is -0.244. The van der Waals surface area contributed by atoms with E-state index in [0.29, 0.717) is 25.5 Å². The van der Waals surface area contributed by atoms with Crippen molar-refractivity contribution in [1.29, 1.82) is 0 Å². The van der Waals surface area contributed by atoms with Crippen LogP contribution in [0.2, 0.25) is 5.02 Å². The van der Waals surface area contributed by atoms with Crippen LogP contribution in [0.3, 0.4) is 0 Å². The first-order valence-electron chi connectivity index (χ1n) is 12.0. The molecule has 7 nitrogen and oxygen atoms in total. The largest absolute Gasteiger partial charge is 0.447 e. The van der Waals surface area contributed by atoms with Gasteiger partial charge in [-0.2, -0.15) is 0 Å². The number of nitrogens with one attached hydrogen (secondary N) is 2. The van der Waals surface area contributed by atoms with Crippen LogP contribution in [0.25, 0.3) is 10.9 Å². The predicted molar refractivity (Wildman–Crippen MR) is 135 cm³/mol. The van der Waals surface area contributed by atoms with Crippen molar-refractivity contribution in [2.75, 3.05) is 19.7 Å². The fraction of sp³-hybridized carbons (Fsp3) is 0.333. The molecule has 182 valence electrons. The van der Waals surface area contributed by atoms with E-state index in [9.17, 15) is 4.79 Å². The van der Waals surface area contributed by atoms with Gasteiger partial charge in [-0.1, -0.05) is 48.0 Å². The molecule has 0 spiro atoms. The number of aromatic amines is 1. The van der Waals surface area contributed by atoms with Crippen LogP contribution < -0.4 is 5.32 Å². The van der Waals surface area contributed by atoms with Gasteiger partial charge in [-0.05, 0) is 42.5 Å². The van der Waals surface area contributed by atoms with Gasteiger partial charge < -0.3 is 19.5 Å². The van der Waals surface area contributed by atoms with Gasteiger partial charge in [0, 0.05) is 48.4 Å². The number of hydrogen-bond acceptors (Lipinski definition) is 5. The Labute approximate surface area is 209 Å². The molecule has 1 aliphatic heterocycles. The summed E-state index contributed by atoms with van der Waals surface area (Å²) in [5.74, 6) is 0.255. The number of carbonyl (C=O) groups excluding carboxylic acids is 1. The monoisotopic (exact) mass is 492 g/mol. The summed E-state index contributed by atoms with van der Waals surface area (Å²) in [6, 6.07) is 16.1. The van der Waals surface area contributed by atoms with Crippen molar-refractivity contribution in [3.63, 3.8) is 0 Å². The van der Waals surface area contributed by atoms with E-state index < -0.39 is 0 Å². The maximum absolute atomic E-state index is 12.5. The zero-order valence-electron chi connectivity index (χ0n) is 19.5. The zero-order valence-corrected chi connectivity index (χ0v) is 20.3. The quantitative estimate of drug-likeness (QED) is 0.327. The van der Waals surface area contributed by atoms with Gasteiger partial charge in [0.05, 0.1) is 12.6 Å². The van der Waals surface area contributed by atoms with Gasteiger partial charge in [0.15, 0.2) is 5.69 Å². The Morgan fingerprint density at radius 2 is 2.00 bits per heavy atom. The molecule has 0 unspecified atom stereocenters. The number of nitrogens with zero attached hydrogens (tertiary/aromatic N) is 2. The number of carbonyl (C=O) groups is 1. The number of ether oxygens (including phenoxy) is 1. The highest BCUT2D eigenvalue weighted by Gasteiger charge is 2.20. The van der Waals surface area contributed by atoms with Gasteiger partial charge in [-0.25, -0.2) is 4.98 Å². The van der Waals surface area contributed by atoms with Crippen molar-refractivity contribution in [3.05, 3.63) is 88.7 Å². The number of para-hydroxylation sites is 1. The first-order chi connectivity index (χ1) is 17.2. The van der Waals surface area contributed by atoms with Gasteiger partial charge in [-0.3, -0.25) is 9.69 Å². The minimum absolute atomic E-state index is 0.0842. The SMILES string of the molecule is O=C(NC[C@@H]1CCCO1)c1coc(CN(CCc2c[nH]c3ccccc23)Cc2ccccc2Cl)n1. The number of H-pyrrole nitrogens is 1. The summed E-state index contributed by atoms with van der Waals surface area (Å²) in [7, 11) is 0. The van der Waals surface area contributed by atoms with Crippen LogP contribution >= 0.6 is 11.6 Å². The highest BCUT2D eigenvalue weighted by molar-refractivity contribution is 6.31. The fourth-order valence-corrected chi connectivity index (χ4v) is 4.68. The third-order valence-corrected chi connectivity index (χ3v) is 6.75. The van der Waals surface area contributed by atoms with E-state index in [1.54, 1.807) is 0 Å². The number of oxazole rings is 1. The number of hydrogen-bond donors (Lipinski definition) is 2. The van der Waals surface area contributed by atoms with Crippen LogP contribution in [0.1, 0.15) is 40.3 Å². The maximum atomic E-state index is 12.5. The lowest BCUT2D eigenvalue weighted by molar-refractivity contribution is 0.0853. The van der Waals surface area contributed by atoms with Crippen LogP contribution in [0.5, 0.6) is 0 Å². The molecule has 0 radical (unpaired) electrons. The van der Waals surface area contributed by atoms with Crippen LogP contribution in [-0.2, 0) is 24.2 Å². The number of aromatic nitrogens is 2. The van der Waals surface area contributed by atoms with Crippen molar-refractivity contribution in [3.8, 4) is 0 Å². The lowest BCUT2D eigenvalue weighted by Gasteiger charge is -2.21. The standard InChI is InChI=1S/C27H29ClN4O3/c28-23-9-3-1-6-20(23)16-32(12-11-19-14-29-24-10-4-2-8-22(19)24)17-26-31-25(18-35-26)27(33)30-15-21-7-5-13-34-21/h1-4,6,8-10,14,18,21,29H,5,7,11-13,15-17H2,(H,30,33)/t21-/m0/s1. The van der Waals surface area contributed by atoms with E-state index in [1.165, 1.54) is 17.2 Å². The van der Waals surface area contributed by atoms with Gasteiger partial charge in [0.1, 0.15) is 6.26 Å². The van der Waals surface area contributed by atoms with Crippen molar-refractivity contribution < 1.29 is 13.9 Å². The number of fused-ring (bicyclic) bond motifs is 1. The third-order valence-electron chi connectivity index (χ3n) is 6.38. The molecule has 2 aromatic heterocycles. The first kappa shape index (κ1) is 23.6. The van der Waals surface area contributed by atoms with Crippen LogP contribution in [-0.4, -0.2) is 46.6 Å². The maximum Gasteiger partial charge on any atom is 0.273 e. The van der Waals surface area contributed by atoms with Crippen LogP contribution in [0.15, 0.2) is 65.4 Å². The second kappa shape index (κ2) is 11.1. The lowest BCUT2D eigenvalue weighted by atomic mass is 10.1. The van der Waals surface area contributed by atoms with E-state index in [0.717, 1.165) is 48.5 Å². The summed E-state index contributed by atoms with van der Waals surface area (Å²) >= 11 is 6.45. The van der Waals surface area contributed by atoms with Gasteiger partial charge in [0.2, 0.25) is 5.89 Å². The Bertz CT molecular complexity index is 1280. The summed E-state index contributed by atoms with van der Waals surface area (Å²) < 4.78 is 11.2. The summed E-state index contributed by atoms with van der Waals surface area (Å²) in [5, 5.41) is 4.85. The van der Waals surface area contributed by atoms with E-state index in [-0.39, 0.29) is 17.7 Å². The number of rotatable bonds is 10. The Kier molecular flexibility index (Phi) is 7.47. The number of benzene rings is 2. The van der Waals surface area contributed by atoms with Crippen molar-refractivity contribution in [2.45, 2.75) is 38.5 Å². The van der Waals surface area contributed by atoms with E-state index >= 15 is 0 Å². The molecule has 8 heteroatoms. The third kappa shape index (κ3) is 5.93. The molecular weight excluding hydrogens is 464 g/mol. The second-order valence-electron chi connectivity index (χ2n) is 8.88. The molecule has 2 N–H and O–H groups in total. The average Bonchev–Trinajstić information content (AvgIpc) is 3.64. The normalized spacial score (nSPS) is 15.8. The van der Waals surface area contributed by atoms with Crippen molar-refractivity contribution in [2.24, 2.45) is 0 Å². The molecule has 5 rings (SSSR count). The molecule has 1 fully saturated rings. The van der Waals surface area contributed by atoms with E-state index in [2.05, 4.69) is 44.6 Å².